The number of benzene rings is 1. The highest BCUT2D eigenvalue weighted by molar-refractivity contribution is 9.10. The Bertz CT molecular complexity index is 592. The van der Waals surface area contributed by atoms with Crippen molar-refractivity contribution in [1.82, 2.24) is 10.3 Å². The normalized spacial score (nSPS) is 10.6. The predicted octanol–water partition coefficient (Wildman–Crippen LogP) is 4.58. The fourth-order valence-corrected chi connectivity index (χ4v) is 2.61. The largest absolute Gasteiger partial charge is 0.487 e. The van der Waals surface area contributed by atoms with E-state index >= 15 is 0 Å². The van der Waals surface area contributed by atoms with Gasteiger partial charge in [0.05, 0.1) is 5.02 Å². The van der Waals surface area contributed by atoms with E-state index in [4.69, 9.17) is 16.3 Å². The minimum absolute atomic E-state index is 0.441. The highest BCUT2D eigenvalue weighted by atomic mass is 79.9. The number of halogens is 2. The number of para-hydroxylation sites is 1. The lowest BCUT2D eigenvalue weighted by Gasteiger charge is -2.13. The van der Waals surface area contributed by atoms with Crippen LogP contribution in [0.5, 0.6) is 5.75 Å². The van der Waals surface area contributed by atoms with E-state index in [1.54, 1.807) is 12.4 Å². The zero-order valence-corrected chi connectivity index (χ0v) is 14.2. The van der Waals surface area contributed by atoms with Crippen LogP contribution in [-0.2, 0) is 13.2 Å². The molecule has 0 amide bonds. The Balaban J connectivity index is 2.07. The van der Waals surface area contributed by atoms with E-state index in [1.165, 1.54) is 0 Å². The van der Waals surface area contributed by atoms with Crippen molar-refractivity contribution in [2.45, 2.75) is 26.5 Å². The molecule has 1 aromatic carbocycles. The minimum Gasteiger partial charge on any atom is -0.487 e. The first-order chi connectivity index (χ1) is 10.2. The van der Waals surface area contributed by atoms with Gasteiger partial charge in [-0.25, -0.2) is 0 Å². The molecule has 2 aromatic rings. The molecular weight excluding hydrogens is 352 g/mol. The molecule has 0 fully saturated rings. The van der Waals surface area contributed by atoms with Crippen LogP contribution < -0.4 is 10.1 Å². The van der Waals surface area contributed by atoms with Crippen LogP contribution in [0.3, 0.4) is 0 Å². The molecule has 0 saturated carbocycles. The van der Waals surface area contributed by atoms with Crippen molar-refractivity contribution in [3.05, 3.63) is 57.3 Å². The van der Waals surface area contributed by atoms with Crippen molar-refractivity contribution in [1.29, 1.82) is 0 Å². The third-order valence-corrected chi connectivity index (χ3v) is 3.67. The van der Waals surface area contributed by atoms with E-state index < -0.39 is 0 Å². The summed E-state index contributed by atoms with van der Waals surface area (Å²) >= 11 is 9.67. The van der Waals surface area contributed by atoms with Gasteiger partial charge in [-0.05, 0) is 41.0 Å². The molecule has 1 aromatic heterocycles. The van der Waals surface area contributed by atoms with Gasteiger partial charge in [0.25, 0.3) is 0 Å². The SMILES string of the molecule is CCCNCc1cccc(Cl)c1OCc1cncc(Br)c1. The molecule has 1 N–H and O–H groups in total. The van der Waals surface area contributed by atoms with Crippen molar-refractivity contribution in [2.24, 2.45) is 0 Å². The summed E-state index contributed by atoms with van der Waals surface area (Å²) in [4.78, 5) is 4.13. The molecule has 2 rings (SSSR count). The number of pyridine rings is 1. The quantitative estimate of drug-likeness (QED) is 0.726. The fraction of sp³-hybridized carbons (Fsp3) is 0.312. The first-order valence-electron chi connectivity index (χ1n) is 6.91. The van der Waals surface area contributed by atoms with Crippen LogP contribution in [0.1, 0.15) is 24.5 Å². The van der Waals surface area contributed by atoms with Crippen LogP contribution >= 0.6 is 27.5 Å². The second-order valence-corrected chi connectivity index (χ2v) is 6.03. The van der Waals surface area contributed by atoms with Gasteiger partial charge in [0.1, 0.15) is 12.4 Å². The number of hydrogen-bond donors (Lipinski definition) is 1. The topological polar surface area (TPSA) is 34.1 Å². The van der Waals surface area contributed by atoms with Crippen molar-refractivity contribution >= 4 is 27.5 Å². The second kappa shape index (κ2) is 8.37. The Hall–Kier alpha value is -1.10. The van der Waals surface area contributed by atoms with Crippen LogP contribution in [-0.4, -0.2) is 11.5 Å². The van der Waals surface area contributed by atoms with E-state index in [2.05, 4.69) is 33.2 Å². The fourth-order valence-electron chi connectivity index (χ4n) is 1.94. The standard InChI is InChI=1S/C16H18BrClN2O/c1-2-6-19-9-13-4-3-5-15(18)16(13)21-11-12-7-14(17)10-20-8-12/h3-5,7-8,10,19H,2,6,9,11H2,1H3. The third-order valence-electron chi connectivity index (χ3n) is 2.94. The summed E-state index contributed by atoms with van der Waals surface area (Å²) in [6.45, 7) is 4.31. The number of ether oxygens (including phenoxy) is 1. The number of hydrogen-bond acceptors (Lipinski definition) is 3. The summed E-state index contributed by atoms with van der Waals surface area (Å²) < 4.78 is 6.84. The molecule has 0 spiro atoms. The van der Waals surface area contributed by atoms with Crippen LogP contribution in [0.4, 0.5) is 0 Å². The maximum atomic E-state index is 6.26. The third kappa shape index (κ3) is 4.99. The zero-order valence-electron chi connectivity index (χ0n) is 11.9. The summed E-state index contributed by atoms with van der Waals surface area (Å²) in [6.07, 6.45) is 4.64. The van der Waals surface area contributed by atoms with E-state index in [0.29, 0.717) is 11.6 Å². The average molecular weight is 370 g/mol. The summed E-state index contributed by atoms with van der Waals surface area (Å²) in [6, 6.07) is 7.81. The van der Waals surface area contributed by atoms with Gasteiger partial charge in [-0.3, -0.25) is 4.98 Å². The lowest BCUT2D eigenvalue weighted by molar-refractivity contribution is 0.302. The van der Waals surface area contributed by atoms with Gasteiger partial charge >= 0.3 is 0 Å². The van der Waals surface area contributed by atoms with Crippen molar-refractivity contribution in [3.8, 4) is 5.75 Å². The summed E-state index contributed by atoms with van der Waals surface area (Å²) in [5.74, 6) is 0.739. The molecule has 0 aliphatic rings. The maximum Gasteiger partial charge on any atom is 0.142 e. The zero-order chi connectivity index (χ0) is 15.1. The van der Waals surface area contributed by atoms with Crippen molar-refractivity contribution in [3.63, 3.8) is 0 Å². The summed E-state index contributed by atoms with van der Waals surface area (Å²) in [5.41, 5.74) is 2.07. The number of nitrogens with zero attached hydrogens (tertiary/aromatic N) is 1. The lowest BCUT2D eigenvalue weighted by atomic mass is 10.2. The number of aromatic nitrogens is 1. The molecule has 21 heavy (non-hydrogen) atoms. The molecule has 0 radical (unpaired) electrons. The Labute approximate surface area is 138 Å². The Morgan fingerprint density at radius 3 is 2.95 bits per heavy atom. The van der Waals surface area contributed by atoms with Gasteiger partial charge in [0.15, 0.2) is 0 Å². The van der Waals surface area contributed by atoms with Gasteiger partial charge in [0.2, 0.25) is 0 Å². The highest BCUT2D eigenvalue weighted by Crippen LogP contribution is 2.29. The molecule has 112 valence electrons. The molecule has 0 bridgehead atoms. The van der Waals surface area contributed by atoms with Crippen LogP contribution in [0.25, 0.3) is 0 Å². The molecule has 0 atom stereocenters. The van der Waals surface area contributed by atoms with E-state index in [0.717, 1.165) is 40.9 Å². The van der Waals surface area contributed by atoms with Crippen LogP contribution in [0, 0.1) is 0 Å². The summed E-state index contributed by atoms with van der Waals surface area (Å²) in [7, 11) is 0. The molecular formula is C16H18BrClN2O. The molecule has 0 unspecified atom stereocenters. The first-order valence-corrected chi connectivity index (χ1v) is 8.08. The monoisotopic (exact) mass is 368 g/mol. The Morgan fingerprint density at radius 2 is 2.19 bits per heavy atom. The van der Waals surface area contributed by atoms with Gasteiger partial charge in [-0.1, -0.05) is 30.7 Å². The highest BCUT2D eigenvalue weighted by Gasteiger charge is 2.08. The molecule has 3 nitrogen and oxygen atoms in total. The minimum atomic E-state index is 0.441. The van der Waals surface area contributed by atoms with Crippen LogP contribution in [0.15, 0.2) is 41.1 Å². The van der Waals surface area contributed by atoms with E-state index in [9.17, 15) is 0 Å². The molecule has 0 aliphatic heterocycles. The number of rotatable bonds is 7. The molecule has 5 heteroatoms. The maximum absolute atomic E-state index is 6.26. The Morgan fingerprint density at radius 1 is 1.33 bits per heavy atom. The molecule has 0 aliphatic carbocycles. The van der Waals surface area contributed by atoms with Gasteiger partial charge < -0.3 is 10.1 Å². The van der Waals surface area contributed by atoms with Crippen molar-refractivity contribution < 1.29 is 4.74 Å². The average Bonchev–Trinajstić information content (AvgIpc) is 2.47. The number of nitrogens with one attached hydrogen (secondary N) is 1. The van der Waals surface area contributed by atoms with Crippen LogP contribution in [0.2, 0.25) is 5.02 Å². The Kier molecular flexibility index (Phi) is 6.49. The first kappa shape index (κ1) is 16.3. The molecule has 0 saturated heterocycles. The lowest BCUT2D eigenvalue weighted by Crippen LogP contribution is -2.14. The van der Waals surface area contributed by atoms with Gasteiger partial charge in [-0.15, -0.1) is 0 Å². The second-order valence-electron chi connectivity index (χ2n) is 4.70. The van der Waals surface area contributed by atoms with E-state index in [1.807, 2.05) is 24.3 Å². The predicted molar refractivity (Wildman–Crippen MR) is 89.7 cm³/mol. The smallest absolute Gasteiger partial charge is 0.142 e. The van der Waals surface area contributed by atoms with Gasteiger partial charge in [-0.2, -0.15) is 0 Å². The molecule has 1 heterocycles. The van der Waals surface area contributed by atoms with Gasteiger partial charge in [0, 0.05) is 34.5 Å². The summed E-state index contributed by atoms with van der Waals surface area (Å²) in [5, 5.41) is 4.00. The van der Waals surface area contributed by atoms with E-state index in [-0.39, 0.29) is 0 Å². The van der Waals surface area contributed by atoms with Crippen molar-refractivity contribution in [2.75, 3.05) is 6.54 Å².